The first-order valence-corrected chi connectivity index (χ1v) is 8.13. The third-order valence-electron chi connectivity index (χ3n) is 4.00. The van der Waals surface area contributed by atoms with Crippen LogP contribution in [0.15, 0.2) is 48.7 Å². The number of nitrogens with zero attached hydrogens (tertiary/aromatic N) is 2. The third-order valence-corrected chi connectivity index (χ3v) is 4.00. The Morgan fingerprint density at radius 1 is 1.09 bits per heavy atom. The number of pyridine rings is 1. The van der Waals surface area contributed by atoms with Gasteiger partial charge in [-0.15, -0.1) is 0 Å². The predicted molar refractivity (Wildman–Crippen MR) is 92.9 cm³/mol. The number of aromatic nitrogens is 2. The van der Waals surface area contributed by atoms with E-state index >= 15 is 0 Å². The summed E-state index contributed by atoms with van der Waals surface area (Å²) in [7, 11) is 0. The molecule has 4 nitrogen and oxygen atoms in total. The van der Waals surface area contributed by atoms with Gasteiger partial charge < -0.3 is 14.9 Å². The van der Waals surface area contributed by atoms with Crippen molar-refractivity contribution in [2.45, 2.75) is 26.2 Å². The van der Waals surface area contributed by atoms with E-state index in [1.807, 2.05) is 31.3 Å². The molecule has 23 heavy (non-hydrogen) atoms. The van der Waals surface area contributed by atoms with Gasteiger partial charge in [0.2, 0.25) is 0 Å². The minimum atomic E-state index is 0.622. The number of imidazole rings is 1. The van der Waals surface area contributed by atoms with Crippen LogP contribution in [0.4, 0.5) is 0 Å². The van der Waals surface area contributed by atoms with Gasteiger partial charge in [-0.3, -0.25) is 0 Å². The number of rotatable bonds is 7. The van der Waals surface area contributed by atoms with Crippen molar-refractivity contribution in [2.75, 3.05) is 13.2 Å². The van der Waals surface area contributed by atoms with Crippen molar-refractivity contribution in [1.82, 2.24) is 9.38 Å². The van der Waals surface area contributed by atoms with Crippen molar-refractivity contribution in [1.29, 1.82) is 0 Å². The molecule has 0 bridgehead atoms. The van der Waals surface area contributed by atoms with E-state index in [-0.39, 0.29) is 0 Å². The largest absolute Gasteiger partial charge is 0.490 e. The van der Waals surface area contributed by atoms with Gasteiger partial charge in [0.05, 0.1) is 12.3 Å². The molecule has 2 N–H and O–H groups in total. The summed E-state index contributed by atoms with van der Waals surface area (Å²) < 4.78 is 8.06. The average molecular weight is 309 g/mol. The van der Waals surface area contributed by atoms with Crippen LogP contribution < -0.4 is 10.5 Å². The number of hydrogen-bond donors (Lipinski definition) is 1. The van der Waals surface area contributed by atoms with Crippen molar-refractivity contribution in [2.24, 2.45) is 5.73 Å². The molecule has 0 unspecified atom stereocenters. The molecule has 3 aromatic rings. The lowest BCUT2D eigenvalue weighted by atomic mass is 10.1. The minimum absolute atomic E-state index is 0.622. The molecule has 0 atom stereocenters. The molecule has 0 amide bonds. The summed E-state index contributed by atoms with van der Waals surface area (Å²) in [4.78, 5) is 4.65. The summed E-state index contributed by atoms with van der Waals surface area (Å²) in [5.41, 5.74) is 10.1. The fraction of sp³-hybridized carbons (Fsp3) is 0.316. The highest BCUT2D eigenvalue weighted by molar-refractivity contribution is 5.56. The molecular weight excluding hydrogens is 286 g/mol. The topological polar surface area (TPSA) is 52.5 Å². The number of benzene rings is 1. The predicted octanol–water partition coefficient (Wildman–Crippen LogP) is 3.16. The van der Waals surface area contributed by atoms with E-state index in [1.54, 1.807) is 0 Å². The summed E-state index contributed by atoms with van der Waals surface area (Å²) >= 11 is 0. The van der Waals surface area contributed by atoms with E-state index in [9.17, 15) is 0 Å². The molecule has 0 aliphatic carbocycles. The molecule has 2 heterocycles. The highest BCUT2D eigenvalue weighted by Gasteiger charge is 2.11. The van der Waals surface area contributed by atoms with Gasteiger partial charge in [0.25, 0.3) is 0 Å². The maximum Gasteiger partial charge on any atom is 0.180 e. The van der Waals surface area contributed by atoms with E-state index in [0.717, 1.165) is 42.0 Å². The second-order valence-electron chi connectivity index (χ2n) is 5.69. The van der Waals surface area contributed by atoms with Crippen LogP contribution in [0.1, 0.15) is 23.4 Å². The molecule has 3 rings (SSSR count). The number of nitrogens with two attached hydrogens (primary N) is 1. The van der Waals surface area contributed by atoms with Crippen LogP contribution in [0.3, 0.4) is 0 Å². The van der Waals surface area contributed by atoms with Gasteiger partial charge >= 0.3 is 0 Å². The standard InChI is InChI=1S/C19H23N3O/c1-15-17(11-12-20)22-13-5-10-18(19(22)21-15)23-14-6-9-16-7-3-2-4-8-16/h2-5,7-8,10,13H,6,9,11-12,14,20H2,1H3. The zero-order valence-corrected chi connectivity index (χ0v) is 13.5. The number of aryl methyl sites for hydroxylation is 2. The normalized spacial score (nSPS) is 11.0. The quantitative estimate of drug-likeness (QED) is 0.682. The zero-order chi connectivity index (χ0) is 16.1. The van der Waals surface area contributed by atoms with Gasteiger partial charge in [-0.05, 0) is 44.0 Å². The molecule has 1 aromatic carbocycles. The average Bonchev–Trinajstić information content (AvgIpc) is 2.90. The van der Waals surface area contributed by atoms with E-state index in [4.69, 9.17) is 10.5 Å². The summed E-state index contributed by atoms with van der Waals surface area (Å²) in [5, 5.41) is 0. The molecule has 0 spiro atoms. The lowest BCUT2D eigenvalue weighted by Crippen LogP contribution is -2.06. The zero-order valence-electron chi connectivity index (χ0n) is 13.5. The SMILES string of the molecule is Cc1nc2c(OCCCc3ccccc3)cccn2c1CCN. The fourth-order valence-corrected chi connectivity index (χ4v) is 2.86. The van der Waals surface area contributed by atoms with Gasteiger partial charge in [0.1, 0.15) is 0 Å². The Morgan fingerprint density at radius 2 is 1.91 bits per heavy atom. The van der Waals surface area contributed by atoms with Crippen LogP contribution in [0.2, 0.25) is 0 Å². The molecule has 0 fully saturated rings. The number of fused-ring (bicyclic) bond motifs is 1. The summed E-state index contributed by atoms with van der Waals surface area (Å²) in [6.45, 7) is 3.33. The molecule has 0 aliphatic heterocycles. The fourth-order valence-electron chi connectivity index (χ4n) is 2.86. The van der Waals surface area contributed by atoms with Crippen molar-refractivity contribution in [3.05, 3.63) is 65.6 Å². The first-order valence-electron chi connectivity index (χ1n) is 8.13. The number of hydrogen-bond acceptors (Lipinski definition) is 3. The van der Waals surface area contributed by atoms with Crippen LogP contribution >= 0.6 is 0 Å². The van der Waals surface area contributed by atoms with Gasteiger partial charge in [-0.1, -0.05) is 30.3 Å². The lowest BCUT2D eigenvalue weighted by Gasteiger charge is -2.08. The first-order chi connectivity index (χ1) is 11.3. The van der Waals surface area contributed by atoms with Crippen LogP contribution in [-0.2, 0) is 12.8 Å². The Bertz CT molecular complexity index is 765. The van der Waals surface area contributed by atoms with Gasteiger partial charge in [0.15, 0.2) is 11.4 Å². The van der Waals surface area contributed by atoms with Crippen molar-refractivity contribution in [3.8, 4) is 5.75 Å². The Kier molecular flexibility index (Phi) is 4.93. The van der Waals surface area contributed by atoms with E-state index in [1.165, 1.54) is 5.56 Å². The van der Waals surface area contributed by atoms with Gasteiger partial charge in [-0.25, -0.2) is 4.98 Å². The molecule has 0 aliphatic rings. The highest BCUT2D eigenvalue weighted by atomic mass is 16.5. The van der Waals surface area contributed by atoms with E-state index < -0.39 is 0 Å². The smallest absolute Gasteiger partial charge is 0.180 e. The molecule has 4 heteroatoms. The molecule has 0 saturated carbocycles. The Balaban J connectivity index is 1.67. The lowest BCUT2D eigenvalue weighted by molar-refractivity contribution is 0.313. The summed E-state index contributed by atoms with van der Waals surface area (Å²) in [6, 6.07) is 14.5. The van der Waals surface area contributed by atoms with Gasteiger partial charge in [0, 0.05) is 18.3 Å². The molecule has 2 aromatic heterocycles. The molecular formula is C19H23N3O. The summed E-state index contributed by atoms with van der Waals surface area (Å²) in [6.07, 6.45) is 4.86. The minimum Gasteiger partial charge on any atom is -0.490 e. The Hall–Kier alpha value is -2.33. The number of ether oxygens (including phenoxy) is 1. The van der Waals surface area contributed by atoms with Crippen molar-refractivity contribution < 1.29 is 4.74 Å². The maximum absolute atomic E-state index is 5.97. The highest BCUT2D eigenvalue weighted by Crippen LogP contribution is 2.22. The third kappa shape index (κ3) is 3.54. The monoisotopic (exact) mass is 309 g/mol. The molecule has 0 saturated heterocycles. The van der Waals surface area contributed by atoms with Crippen LogP contribution in [0.5, 0.6) is 5.75 Å². The summed E-state index contributed by atoms with van der Waals surface area (Å²) in [5.74, 6) is 0.840. The second kappa shape index (κ2) is 7.29. The molecule has 0 radical (unpaired) electrons. The van der Waals surface area contributed by atoms with Crippen LogP contribution in [0.25, 0.3) is 5.65 Å². The van der Waals surface area contributed by atoms with Crippen LogP contribution in [-0.4, -0.2) is 22.5 Å². The van der Waals surface area contributed by atoms with Crippen LogP contribution in [0, 0.1) is 6.92 Å². The second-order valence-corrected chi connectivity index (χ2v) is 5.69. The van der Waals surface area contributed by atoms with Crippen molar-refractivity contribution >= 4 is 5.65 Å². The Labute approximate surface area is 136 Å². The molecule has 120 valence electrons. The van der Waals surface area contributed by atoms with E-state index in [0.29, 0.717) is 13.2 Å². The van der Waals surface area contributed by atoms with E-state index in [2.05, 4.69) is 33.7 Å². The maximum atomic E-state index is 5.97. The van der Waals surface area contributed by atoms with Crippen molar-refractivity contribution in [3.63, 3.8) is 0 Å². The Morgan fingerprint density at radius 3 is 2.70 bits per heavy atom. The van der Waals surface area contributed by atoms with Gasteiger partial charge in [-0.2, -0.15) is 0 Å². The first kappa shape index (κ1) is 15.6.